The van der Waals surface area contributed by atoms with Crippen molar-refractivity contribution in [3.05, 3.63) is 95.7 Å². The van der Waals surface area contributed by atoms with Crippen LogP contribution < -0.4 is 26.4 Å². The lowest BCUT2D eigenvalue weighted by Crippen LogP contribution is -2.43. The minimum Gasteiger partial charge on any atom is -0.486 e. The van der Waals surface area contributed by atoms with Crippen molar-refractivity contribution in [2.75, 3.05) is 29.0 Å². The molecule has 0 aliphatic carbocycles. The van der Waals surface area contributed by atoms with E-state index in [2.05, 4.69) is 20.2 Å². The number of amides is 1. The van der Waals surface area contributed by atoms with Crippen LogP contribution in [-0.4, -0.2) is 35.0 Å². The van der Waals surface area contributed by atoms with Gasteiger partial charge in [-0.05, 0) is 49.2 Å². The minimum absolute atomic E-state index is 0.00992. The molecule has 1 aliphatic heterocycles. The van der Waals surface area contributed by atoms with Gasteiger partial charge in [0.15, 0.2) is 17.3 Å². The number of nitrogen functional groups attached to an aromatic ring is 1. The van der Waals surface area contributed by atoms with Gasteiger partial charge in [0.1, 0.15) is 18.2 Å². The summed E-state index contributed by atoms with van der Waals surface area (Å²) in [6.45, 7) is 1.12. The smallest absolute Gasteiger partial charge is 0.276 e. The number of pyridine rings is 2. The normalized spacial score (nSPS) is 15.1. The molecule has 4 aromatic rings. The highest BCUT2D eigenvalue weighted by atomic mass is 19.1. The molecule has 0 radical (unpaired) electrons. The molecule has 1 atom stereocenters. The van der Waals surface area contributed by atoms with E-state index in [1.807, 2.05) is 0 Å². The Morgan fingerprint density at radius 2 is 1.90 bits per heavy atom. The maximum atomic E-state index is 15.4. The molecule has 5 N–H and O–H groups in total. The molecule has 5 rings (SSSR count). The Labute approximate surface area is 228 Å². The van der Waals surface area contributed by atoms with Crippen LogP contribution in [0.5, 0.6) is 5.75 Å². The number of rotatable bonds is 7. The highest BCUT2D eigenvalue weighted by Gasteiger charge is 2.23. The summed E-state index contributed by atoms with van der Waals surface area (Å²) < 4.78 is 49.7. The van der Waals surface area contributed by atoms with Crippen molar-refractivity contribution in [2.45, 2.75) is 25.5 Å². The summed E-state index contributed by atoms with van der Waals surface area (Å²) in [5.41, 5.74) is 12.7. The predicted octanol–water partition coefficient (Wildman–Crippen LogP) is 4.90. The van der Waals surface area contributed by atoms with Crippen LogP contribution in [0.25, 0.3) is 11.3 Å². The average molecular weight is 549 g/mol. The predicted molar refractivity (Wildman–Crippen MR) is 146 cm³/mol. The second-order valence-corrected chi connectivity index (χ2v) is 9.44. The number of benzene rings is 2. The summed E-state index contributed by atoms with van der Waals surface area (Å²) in [6.07, 6.45) is 4.95. The molecule has 1 fully saturated rings. The van der Waals surface area contributed by atoms with Crippen LogP contribution >= 0.6 is 0 Å². The molecule has 8 nitrogen and oxygen atoms in total. The van der Waals surface area contributed by atoms with E-state index in [0.29, 0.717) is 12.2 Å². The van der Waals surface area contributed by atoms with E-state index in [0.717, 1.165) is 37.2 Å². The second-order valence-electron chi connectivity index (χ2n) is 9.44. The number of hydrogen-bond acceptors (Lipinski definition) is 7. The van der Waals surface area contributed by atoms with Gasteiger partial charge < -0.3 is 26.4 Å². The molecule has 11 heteroatoms. The first-order valence-electron chi connectivity index (χ1n) is 12.7. The van der Waals surface area contributed by atoms with E-state index >= 15 is 4.39 Å². The number of nitrogens with two attached hydrogens (primary N) is 2. The van der Waals surface area contributed by atoms with E-state index in [1.54, 1.807) is 18.3 Å². The summed E-state index contributed by atoms with van der Waals surface area (Å²) >= 11 is 0. The fourth-order valence-electron chi connectivity index (χ4n) is 4.61. The SMILES string of the molecule is Nc1ccc(-c2c(F)ccc(OCc3ccccc3F)c2F)nc1C(=O)Nc1cnccc1N1CCCC(N)C1. The van der Waals surface area contributed by atoms with Crippen LogP contribution in [0.4, 0.5) is 30.2 Å². The molecule has 3 heterocycles. The third kappa shape index (κ3) is 5.69. The first kappa shape index (κ1) is 26.9. The standard InChI is InChI=1S/C29H27F3N6O2/c30-19-6-2-1-4-17(19)16-40-25-10-7-20(31)26(27(25)32)22-9-8-21(34)28(36-22)29(39)37-23-14-35-12-11-24(23)38-13-3-5-18(33)15-38/h1-2,4,6-12,14,18H,3,5,13,15-16,33-34H2,(H,37,39). The minimum atomic E-state index is -1.05. The summed E-state index contributed by atoms with van der Waals surface area (Å²) in [5, 5.41) is 2.77. The molecule has 0 bridgehead atoms. The molecule has 2 aromatic carbocycles. The van der Waals surface area contributed by atoms with Crippen molar-refractivity contribution in [2.24, 2.45) is 5.73 Å². The van der Waals surface area contributed by atoms with Crippen LogP contribution in [-0.2, 0) is 6.61 Å². The van der Waals surface area contributed by atoms with Gasteiger partial charge in [-0.3, -0.25) is 9.78 Å². The lowest BCUT2D eigenvalue weighted by Gasteiger charge is -2.33. The summed E-state index contributed by atoms with van der Waals surface area (Å²) in [7, 11) is 0. The largest absolute Gasteiger partial charge is 0.486 e. The molecule has 2 aromatic heterocycles. The lowest BCUT2D eigenvalue weighted by atomic mass is 10.1. The van der Waals surface area contributed by atoms with Crippen molar-refractivity contribution in [1.82, 2.24) is 9.97 Å². The number of piperidine rings is 1. The molecule has 40 heavy (non-hydrogen) atoms. The maximum absolute atomic E-state index is 15.4. The molecular weight excluding hydrogens is 521 g/mol. The monoisotopic (exact) mass is 548 g/mol. The fourth-order valence-corrected chi connectivity index (χ4v) is 4.61. The van der Waals surface area contributed by atoms with Gasteiger partial charge in [0.05, 0.1) is 34.5 Å². The number of aromatic nitrogens is 2. The van der Waals surface area contributed by atoms with Crippen molar-refractivity contribution in [3.63, 3.8) is 0 Å². The number of hydrogen-bond donors (Lipinski definition) is 3. The maximum Gasteiger partial charge on any atom is 0.276 e. The highest BCUT2D eigenvalue weighted by molar-refractivity contribution is 6.08. The van der Waals surface area contributed by atoms with E-state index in [1.165, 1.54) is 36.5 Å². The summed E-state index contributed by atoms with van der Waals surface area (Å²) in [5.74, 6) is -3.46. The average Bonchev–Trinajstić information content (AvgIpc) is 2.94. The molecular formula is C29H27F3N6O2. The Kier molecular flexibility index (Phi) is 7.83. The molecule has 1 saturated heterocycles. The number of carbonyl (C=O) groups excluding carboxylic acids is 1. The summed E-state index contributed by atoms with van der Waals surface area (Å²) in [4.78, 5) is 23.7. The van der Waals surface area contributed by atoms with Crippen LogP contribution in [0.1, 0.15) is 28.9 Å². The van der Waals surface area contributed by atoms with Crippen LogP contribution in [0.2, 0.25) is 0 Å². The quantitative estimate of drug-likeness (QED) is 0.301. The molecule has 1 amide bonds. The van der Waals surface area contributed by atoms with Crippen molar-refractivity contribution < 1.29 is 22.7 Å². The Bertz CT molecular complexity index is 1550. The van der Waals surface area contributed by atoms with Gasteiger partial charge in [0, 0.05) is 30.9 Å². The van der Waals surface area contributed by atoms with Gasteiger partial charge in [0.2, 0.25) is 0 Å². The Morgan fingerprint density at radius 1 is 1.07 bits per heavy atom. The Hall–Kier alpha value is -4.64. The van der Waals surface area contributed by atoms with Crippen LogP contribution in [0, 0.1) is 17.5 Å². The number of carbonyl (C=O) groups is 1. The highest BCUT2D eigenvalue weighted by Crippen LogP contribution is 2.33. The molecule has 1 aliphatic rings. The first-order chi connectivity index (χ1) is 19.3. The third-order valence-corrected chi connectivity index (χ3v) is 6.64. The molecule has 1 unspecified atom stereocenters. The van der Waals surface area contributed by atoms with Gasteiger partial charge in [-0.15, -0.1) is 0 Å². The zero-order valence-electron chi connectivity index (χ0n) is 21.4. The molecule has 0 saturated carbocycles. The van der Waals surface area contributed by atoms with Crippen LogP contribution in [0.3, 0.4) is 0 Å². The van der Waals surface area contributed by atoms with E-state index in [4.69, 9.17) is 16.2 Å². The number of nitrogens with zero attached hydrogens (tertiary/aromatic N) is 3. The van der Waals surface area contributed by atoms with Crippen molar-refractivity contribution in [1.29, 1.82) is 0 Å². The zero-order chi connectivity index (χ0) is 28.2. The zero-order valence-corrected chi connectivity index (χ0v) is 21.4. The molecule has 206 valence electrons. The third-order valence-electron chi connectivity index (χ3n) is 6.64. The van der Waals surface area contributed by atoms with E-state index in [-0.39, 0.29) is 41.0 Å². The second kappa shape index (κ2) is 11.6. The van der Waals surface area contributed by atoms with E-state index in [9.17, 15) is 13.6 Å². The van der Waals surface area contributed by atoms with Gasteiger partial charge in [-0.2, -0.15) is 0 Å². The number of halogens is 3. The number of anilines is 3. The fraction of sp³-hybridized carbons (Fsp3) is 0.207. The topological polar surface area (TPSA) is 119 Å². The number of ether oxygens (including phenoxy) is 1. The van der Waals surface area contributed by atoms with Gasteiger partial charge in [-0.25, -0.2) is 18.2 Å². The summed E-state index contributed by atoms with van der Waals surface area (Å²) in [6, 6.07) is 12.4. The lowest BCUT2D eigenvalue weighted by molar-refractivity contribution is 0.102. The van der Waals surface area contributed by atoms with Crippen molar-refractivity contribution >= 4 is 23.0 Å². The number of nitrogens with one attached hydrogen (secondary N) is 1. The van der Waals surface area contributed by atoms with Gasteiger partial charge in [-0.1, -0.05) is 18.2 Å². The Morgan fingerprint density at radius 3 is 2.70 bits per heavy atom. The first-order valence-corrected chi connectivity index (χ1v) is 12.7. The van der Waals surface area contributed by atoms with Crippen molar-refractivity contribution in [3.8, 4) is 17.0 Å². The Balaban J connectivity index is 1.41. The van der Waals surface area contributed by atoms with Gasteiger partial charge >= 0.3 is 0 Å². The van der Waals surface area contributed by atoms with Crippen LogP contribution in [0.15, 0.2) is 67.0 Å². The van der Waals surface area contributed by atoms with E-state index < -0.39 is 28.9 Å². The molecule has 0 spiro atoms. The van der Waals surface area contributed by atoms with Gasteiger partial charge in [0.25, 0.3) is 5.91 Å².